The molecule has 9 heteroatoms. The second-order valence-corrected chi connectivity index (χ2v) is 26.4. The molecular formula is C69H136N2O6P+. The second-order valence-electron chi connectivity index (χ2n) is 24.9. The number of carbonyl (C=O) groups is 1. The maximum Gasteiger partial charge on any atom is 0.472 e. The molecule has 1 amide bonds. The molecule has 3 N–H and O–H groups in total. The van der Waals surface area contributed by atoms with Gasteiger partial charge in [0.2, 0.25) is 5.91 Å². The van der Waals surface area contributed by atoms with Crippen LogP contribution in [-0.2, 0) is 18.4 Å². The molecule has 462 valence electrons. The molecule has 0 bridgehead atoms. The van der Waals surface area contributed by atoms with Crippen LogP contribution in [0.5, 0.6) is 0 Å². The molecule has 0 aromatic carbocycles. The van der Waals surface area contributed by atoms with Crippen LogP contribution in [0.2, 0.25) is 0 Å². The van der Waals surface area contributed by atoms with E-state index in [9.17, 15) is 19.4 Å². The van der Waals surface area contributed by atoms with Crippen LogP contribution < -0.4 is 5.32 Å². The number of carbonyl (C=O) groups excluding carboxylic acids is 1. The lowest BCUT2D eigenvalue weighted by molar-refractivity contribution is -0.870. The summed E-state index contributed by atoms with van der Waals surface area (Å²) in [5, 5.41) is 14.0. The summed E-state index contributed by atoms with van der Waals surface area (Å²) < 4.78 is 23.8. The highest BCUT2D eigenvalue weighted by Crippen LogP contribution is 2.43. The third-order valence-corrected chi connectivity index (χ3v) is 16.8. The number of nitrogens with one attached hydrogen (secondary N) is 1. The number of aliphatic hydroxyl groups excluding tert-OH is 1. The van der Waals surface area contributed by atoms with E-state index < -0.39 is 20.0 Å². The van der Waals surface area contributed by atoms with E-state index >= 15 is 0 Å². The number of nitrogens with zero attached hydrogens (tertiary/aromatic N) is 1. The number of unbranched alkanes of at least 4 members (excludes halogenated alkanes) is 47. The predicted molar refractivity (Wildman–Crippen MR) is 341 cm³/mol. The Morgan fingerprint density at radius 1 is 0.423 bits per heavy atom. The lowest BCUT2D eigenvalue weighted by Gasteiger charge is -2.25. The quantitative estimate of drug-likeness (QED) is 0.0243. The molecule has 3 atom stereocenters. The third kappa shape index (κ3) is 62.3. The molecule has 8 nitrogen and oxygen atoms in total. The maximum atomic E-state index is 13.0. The Bertz CT molecular complexity index is 1360. The zero-order valence-corrected chi connectivity index (χ0v) is 53.8. The molecule has 0 aromatic rings. The van der Waals surface area contributed by atoms with Gasteiger partial charge in [0.1, 0.15) is 13.2 Å². The topological polar surface area (TPSA) is 105 Å². The predicted octanol–water partition coefficient (Wildman–Crippen LogP) is 21.7. The molecule has 0 saturated carbocycles. The van der Waals surface area contributed by atoms with Crippen LogP contribution >= 0.6 is 7.82 Å². The molecule has 0 heterocycles. The van der Waals surface area contributed by atoms with Crippen molar-refractivity contribution in [1.82, 2.24) is 5.32 Å². The van der Waals surface area contributed by atoms with Crippen LogP contribution in [-0.4, -0.2) is 73.4 Å². The van der Waals surface area contributed by atoms with Crippen LogP contribution in [0.15, 0.2) is 36.5 Å². The van der Waals surface area contributed by atoms with E-state index in [-0.39, 0.29) is 19.1 Å². The minimum atomic E-state index is -4.36. The summed E-state index contributed by atoms with van der Waals surface area (Å²) in [4.78, 5) is 23.4. The summed E-state index contributed by atoms with van der Waals surface area (Å²) in [5.74, 6) is -0.181. The fourth-order valence-corrected chi connectivity index (χ4v) is 11.2. The Hall–Kier alpha value is -1.28. The largest absolute Gasteiger partial charge is 0.472 e. The van der Waals surface area contributed by atoms with E-state index in [1.165, 1.54) is 289 Å². The van der Waals surface area contributed by atoms with Gasteiger partial charge in [-0.2, -0.15) is 0 Å². The van der Waals surface area contributed by atoms with Gasteiger partial charge < -0.3 is 19.8 Å². The lowest BCUT2D eigenvalue weighted by Crippen LogP contribution is -2.45. The van der Waals surface area contributed by atoms with Crippen molar-refractivity contribution in [2.24, 2.45) is 0 Å². The van der Waals surface area contributed by atoms with Gasteiger partial charge in [0.25, 0.3) is 0 Å². The molecule has 0 spiro atoms. The number of allylic oxidation sites excluding steroid dienone is 5. The summed E-state index contributed by atoms with van der Waals surface area (Å²) in [6.45, 7) is 4.85. The van der Waals surface area contributed by atoms with Gasteiger partial charge in [0, 0.05) is 6.42 Å². The highest BCUT2D eigenvalue weighted by atomic mass is 31.2. The van der Waals surface area contributed by atoms with Gasteiger partial charge >= 0.3 is 7.82 Å². The number of phosphoric acid groups is 1. The standard InChI is InChI=1S/C69H135N2O6P/c1-6-8-10-12-14-16-18-20-22-24-26-27-28-29-30-31-32-33-34-35-36-37-38-39-40-41-42-43-45-47-49-51-53-55-57-59-61-63-69(73)70-67(66-77-78(74,75)76-65-64-71(3,4)5)68(72)62-60-58-56-54-52-50-48-46-44-25-23-21-19-17-15-13-11-9-7-2/h33-34,52,54,60,62,67-68,72H,6-32,35-51,53,55-59,61,63-66H2,1-5H3,(H-,70,73,74,75)/p+1/b34-33-,54-52+,62-60+. The molecular weight excluding hydrogens is 984 g/mol. The van der Waals surface area contributed by atoms with Gasteiger partial charge in [-0.05, 0) is 57.8 Å². The number of rotatable bonds is 64. The zero-order valence-electron chi connectivity index (χ0n) is 52.9. The molecule has 0 rings (SSSR count). The van der Waals surface area contributed by atoms with Crippen molar-refractivity contribution < 1.29 is 32.9 Å². The summed E-state index contributed by atoms with van der Waals surface area (Å²) >= 11 is 0. The van der Waals surface area contributed by atoms with Crippen molar-refractivity contribution >= 4 is 13.7 Å². The van der Waals surface area contributed by atoms with Gasteiger partial charge in [-0.25, -0.2) is 4.57 Å². The first kappa shape index (κ1) is 76.7. The molecule has 78 heavy (non-hydrogen) atoms. The summed E-state index contributed by atoms with van der Waals surface area (Å²) in [5.41, 5.74) is 0. The minimum absolute atomic E-state index is 0.0577. The number of phosphoric ester groups is 1. The van der Waals surface area contributed by atoms with E-state index in [2.05, 4.69) is 43.5 Å². The number of likely N-dealkylation sites (N-methyl/N-ethyl adjacent to an activating group) is 1. The number of amides is 1. The molecule has 0 radical (unpaired) electrons. The van der Waals surface area contributed by atoms with Gasteiger partial charge in [0.05, 0.1) is 39.9 Å². The maximum absolute atomic E-state index is 13.0. The van der Waals surface area contributed by atoms with Crippen LogP contribution in [0.25, 0.3) is 0 Å². The zero-order chi connectivity index (χ0) is 57.0. The summed E-state index contributed by atoms with van der Waals surface area (Å²) in [7, 11) is 1.57. The van der Waals surface area contributed by atoms with Crippen LogP contribution in [0, 0.1) is 0 Å². The van der Waals surface area contributed by atoms with Gasteiger partial charge in [0.15, 0.2) is 0 Å². The number of hydrogen-bond donors (Lipinski definition) is 3. The van der Waals surface area contributed by atoms with Gasteiger partial charge in [-0.3, -0.25) is 13.8 Å². The summed E-state index contributed by atoms with van der Waals surface area (Å²) in [6, 6.07) is -0.863. The van der Waals surface area contributed by atoms with Gasteiger partial charge in [-0.15, -0.1) is 0 Å². The average molecular weight is 1120 g/mol. The van der Waals surface area contributed by atoms with Crippen molar-refractivity contribution in [3.8, 4) is 0 Å². The smallest absolute Gasteiger partial charge is 0.387 e. The van der Waals surface area contributed by atoms with E-state index in [1.54, 1.807) is 6.08 Å². The fourth-order valence-electron chi connectivity index (χ4n) is 10.5. The fraction of sp³-hybridized carbons (Fsp3) is 0.899. The Morgan fingerprint density at radius 2 is 0.705 bits per heavy atom. The van der Waals surface area contributed by atoms with Crippen molar-refractivity contribution in [2.45, 2.75) is 360 Å². The molecule has 0 aliphatic carbocycles. The van der Waals surface area contributed by atoms with Crippen molar-refractivity contribution in [3.05, 3.63) is 36.5 Å². The van der Waals surface area contributed by atoms with E-state index in [4.69, 9.17) is 9.05 Å². The van der Waals surface area contributed by atoms with Crippen molar-refractivity contribution in [2.75, 3.05) is 40.9 Å². The Kier molecular flexibility index (Phi) is 59.3. The Labute approximate surface area is 487 Å². The van der Waals surface area contributed by atoms with Crippen molar-refractivity contribution in [3.63, 3.8) is 0 Å². The summed E-state index contributed by atoms with van der Waals surface area (Å²) in [6.07, 6.45) is 80.2. The van der Waals surface area contributed by atoms with Crippen LogP contribution in [0.4, 0.5) is 0 Å². The average Bonchev–Trinajstić information content (AvgIpc) is 3.41. The minimum Gasteiger partial charge on any atom is -0.387 e. The monoisotopic (exact) mass is 1120 g/mol. The highest BCUT2D eigenvalue weighted by molar-refractivity contribution is 7.47. The van der Waals surface area contributed by atoms with Gasteiger partial charge in [-0.1, -0.05) is 320 Å². The van der Waals surface area contributed by atoms with E-state index in [1.807, 2.05) is 27.2 Å². The molecule has 0 fully saturated rings. The molecule has 0 aliphatic heterocycles. The first-order valence-corrected chi connectivity index (χ1v) is 35.9. The number of hydrogen-bond acceptors (Lipinski definition) is 5. The number of quaternary nitrogens is 1. The van der Waals surface area contributed by atoms with E-state index in [0.717, 1.165) is 38.5 Å². The SMILES string of the molecule is CCCCCCCCCCCCCCC/C=C/CC/C=C/C(O)C(COP(=O)(O)OCC[N+](C)(C)C)NC(=O)CCCCCCCCCCCCCCCCCCC/C=C\CCCCCCCCCCCCCCCCCC. The van der Waals surface area contributed by atoms with Crippen LogP contribution in [0.1, 0.15) is 348 Å². The van der Waals surface area contributed by atoms with Crippen LogP contribution in [0.3, 0.4) is 0 Å². The first-order valence-electron chi connectivity index (χ1n) is 34.4. The normalized spacial score (nSPS) is 13.9. The Balaban J connectivity index is 3.98. The first-order chi connectivity index (χ1) is 38.0. The Morgan fingerprint density at radius 3 is 1.03 bits per heavy atom. The highest BCUT2D eigenvalue weighted by Gasteiger charge is 2.28. The molecule has 3 unspecified atom stereocenters. The molecule has 0 aliphatic rings. The molecule has 0 aromatic heterocycles. The molecule has 0 saturated heterocycles. The lowest BCUT2D eigenvalue weighted by atomic mass is 10.0. The van der Waals surface area contributed by atoms with Crippen molar-refractivity contribution in [1.29, 1.82) is 0 Å². The second kappa shape index (κ2) is 60.3. The third-order valence-electron chi connectivity index (χ3n) is 15.8. The van der Waals surface area contributed by atoms with E-state index in [0.29, 0.717) is 17.4 Å². The number of aliphatic hydroxyl groups is 1.